The molecule has 0 unspecified atom stereocenters. The lowest BCUT2D eigenvalue weighted by molar-refractivity contribution is -0.173. The topological polar surface area (TPSA) is 26.3 Å². The second-order valence-corrected chi connectivity index (χ2v) is 5.41. The molecule has 0 spiro atoms. The fourth-order valence-electron chi connectivity index (χ4n) is 3.00. The van der Waals surface area contributed by atoms with Crippen LogP contribution in [0.1, 0.15) is 34.1 Å². The molecule has 0 saturated heterocycles. The van der Waals surface area contributed by atoms with Crippen molar-refractivity contribution in [1.82, 2.24) is 0 Å². The first kappa shape index (κ1) is 9.75. The van der Waals surface area contributed by atoms with Gasteiger partial charge in [0, 0.05) is 12.3 Å². The smallest absolute Gasteiger partial charge is 0.302 e. The minimum atomic E-state index is -0.159. The van der Waals surface area contributed by atoms with Gasteiger partial charge < -0.3 is 4.74 Å². The SMILES string of the molecule is CC(=O)O[C@@H]1C[C@@H]2C(C)(C)C=C[C@@]21C. The van der Waals surface area contributed by atoms with Gasteiger partial charge in [-0.25, -0.2) is 0 Å². The molecule has 2 rings (SSSR count). The molecule has 0 aromatic heterocycles. The Morgan fingerprint density at radius 2 is 2.00 bits per heavy atom. The van der Waals surface area contributed by atoms with Gasteiger partial charge in [0.2, 0.25) is 0 Å². The Labute approximate surface area is 85.3 Å². The van der Waals surface area contributed by atoms with Gasteiger partial charge in [0.15, 0.2) is 0 Å². The summed E-state index contributed by atoms with van der Waals surface area (Å²) in [6.07, 6.45) is 5.61. The van der Waals surface area contributed by atoms with Crippen molar-refractivity contribution in [2.75, 3.05) is 0 Å². The zero-order valence-electron chi connectivity index (χ0n) is 9.33. The average Bonchev–Trinajstić information content (AvgIpc) is 2.23. The summed E-state index contributed by atoms with van der Waals surface area (Å²) in [7, 11) is 0. The molecule has 0 aromatic rings. The largest absolute Gasteiger partial charge is 0.462 e. The van der Waals surface area contributed by atoms with Crippen molar-refractivity contribution >= 4 is 5.97 Å². The van der Waals surface area contributed by atoms with Crippen molar-refractivity contribution in [3.8, 4) is 0 Å². The van der Waals surface area contributed by atoms with E-state index in [1.807, 2.05) is 0 Å². The van der Waals surface area contributed by atoms with Crippen molar-refractivity contribution < 1.29 is 9.53 Å². The van der Waals surface area contributed by atoms with Crippen LogP contribution in [0.2, 0.25) is 0 Å². The van der Waals surface area contributed by atoms with Crippen LogP contribution in [0.25, 0.3) is 0 Å². The summed E-state index contributed by atoms with van der Waals surface area (Å²) in [5.41, 5.74) is 0.362. The summed E-state index contributed by atoms with van der Waals surface area (Å²) in [6.45, 7) is 8.19. The lowest BCUT2D eigenvalue weighted by Gasteiger charge is -2.52. The molecular formula is C12H18O2. The molecule has 0 heterocycles. The van der Waals surface area contributed by atoms with Gasteiger partial charge in [0.1, 0.15) is 6.10 Å². The summed E-state index contributed by atoms with van der Waals surface area (Å²) in [5.74, 6) is 0.479. The highest BCUT2D eigenvalue weighted by Gasteiger charge is 2.59. The fraction of sp³-hybridized carbons (Fsp3) is 0.750. The summed E-state index contributed by atoms with van der Waals surface area (Å²) >= 11 is 0. The van der Waals surface area contributed by atoms with E-state index >= 15 is 0 Å². The molecule has 1 fully saturated rings. The van der Waals surface area contributed by atoms with E-state index in [0.29, 0.717) is 5.92 Å². The van der Waals surface area contributed by atoms with E-state index in [2.05, 4.69) is 32.9 Å². The lowest BCUT2D eigenvalue weighted by atomic mass is 9.55. The summed E-state index contributed by atoms with van der Waals surface area (Å²) < 4.78 is 5.31. The first-order valence-corrected chi connectivity index (χ1v) is 5.24. The van der Waals surface area contributed by atoms with Crippen molar-refractivity contribution in [1.29, 1.82) is 0 Å². The Bertz CT molecular complexity index is 303. The number of hydrogen-bond donors (Lipinski definition) is 0. The predicted octanol–water partition coefficient (Wildman–Crippen LogP) is 2.54. The number of carbonyl (C=O) groups is 1. The first-order valence-electron chi connectivity index (χ1n) is 5.24. The third-order valence-corrected chi connectivity index (χ3v) is 3.97. The molecule has 78 valence electrons. The molecule has 0 bridgehead atoms. The molecule has 0 N–H and O–H groups in total. The highest BCUT2D eigenvalue weighted by atomic mass is 16.5. The van der Waals surface area contributed by atoms with E-state index < -0.39 is 0 Å². The van der Waals surface area contributed by atoms with E-state index in [1.54, 1.807) is 0 Å². The number of rotatable bonds is 1. The normalized spacial score (nSPS) is 42.9. The number of esters is 1. The van der Waals surface area contributed by atoms with Gasteiger partial charge in [-0.2, -0.15) is 0 Å². The van der Waals surface area contributed by atoms with Gasteiger partial charge in [-0.15, -0.1) is 0 Å². The van der Waals surface area contributed by atoms with Gasteiger partial charge >= 0.3 is 5.97 Å². The average molecular weight is 194 g/mol. The number of allylic oxidation sites excluding steroid dienone is 1. The molecule has 2 nitrogen and oxygen atoms in total. The number of ether oxygens (including phenoxy) is 1. The van der Waals surface area contributed by atoms with Crippen LogP contribution in [0.3, 0.4) is 0 Å². The van der Waals surface area contributed by atoms with Crippen LogP contribution in [0.15, 0.2) is 12.2 Å². The Hall–Kier alpha value is -0.790. The Morgan fingerprint density at radius 1 is 1.36 bits per heavy atom. The highest BCUT2D eigenvalue weighted by Crippen LogP contribution is 2.61. The van der Waals surface area contributed by atoms with Crippen LogP contribution >= 0.6 is 0 Å². The van der Waals surface area contributed by atoms with Crippen LogP contribution in [0.5, 0.6) is 0 Å². The minimum Gasteiger partial charge on any atom is -0.462 e. The van der Waals surface area contributed by atoms with E-state index in [9.17, 15) is 4.79 Å². The Morgan fingerprint density at radius 3 is 2.50 bits per heavy atom. The molecule has 2 heteroatoms. The molecule has 0 aromatic carbocycles. The van der Waals surface area contributed by atoms with Crippen LogP contribution < -0.4 is 0 Å². The molecule has 14 heavy (non-hydrogen) atoms. The highest BCUT2D eigenvalue weighted by molar-refractivity contribution is 5.66. The molecule has 3 atom stereocenters. The maximum atomic E-state index is 10.9. The second-order valence-electron chi connectivity index (χ2n) is 5.41. The van der Waals surface area contributed by atoms with Crippen LogP contribution in [-0.4, -0.2) is 12.1 Å². The maximum Gasteiger partial charge on any atom is 0.302 e. The van der Waals surface area contributed by atoms with Crippen LogP contribution in [0.4, 0.5) is 0 Å². The van der Waals surface area contributed by atoms with Crippen molar-refractivity contribution in [3.05, 3.63) is 12.2 Å². The van der Waals surface area contributed by atoms with Crippen molar-refractivity contribution in [2.24, 2.45) is 16.7 Å². The number of hydrogen-bond acceptors (Lipinski definition) is 2. The number of carbonyl (C=O) groups excluding carboxylic acids is 1. The zero-order valence-corrected chi connectivity index (χ0v) is 9.33. The van der Waals surface area contributed by atoms with Gasteiger partial charge in [-0.3, -0.25) is 4.79 Å². The molecule has 2 aliphatic rings. The molecule has 0 radical (unpaired) electrons. The molecule has 1 saturated carbocycles. The Kier molecular flexibility index (Phi) is 1.82. The first-order chi connectivity index (χ1) is 6.36. The lowest BCUT2D eigenvalue weighted by Crippen LogP contribution is -2.53. The Balaban J connectivity index is 2.12. The van der Waals surface area contributed by atoms with Gasteiger partial charge in [-0.1, -0.05) is 32.9 Å². The molecule has 2 aliphatic carbocycles. The van der Waals surface area contributed by atoms with E-state index in [0.717, 1.165) is 6.42 Å². The predicted molar refractivity (Wildman–Crippen MR) is 54.7 cm³/mol. The minimum absolute atomic E-state index is 0.0924. The maximum absolute atomic E-state index is 10.9. The quantitative estimate of drug-likeness (QED) is 0.473. The van der Waals surface area contributed by atoms with Crippen LogP contribution in [-0.2, 0) is 9.53 Å². The summed E-state index contributed by atoms with van der Waals surface area (Å²) in [4.78, 5) is 10.9. The third-order valence-electron chi connectivity index (χ3n) is 3.97. The van der Waals surface area contributed by atoms with E-state index in [-0.39, 0.29) is 22.9 Å². The van der Waals surface area contributed by atoms with Gasteiger partial charge in [0.05, 0.1) is 0 Å². The summed E-state index contributed by atoms with van der Waals surface area (Å²) in [5, 5.41) is 0. The standard InChI is InChI=1S/C12H18O2/c1-8(13)14-10-7-9-11(2,3)5-6-12(9,10)4/h5-6,9-10H,7H2,1-4H3/t9-,10-,12+/m1/s1. The monoisotopic (exact) mass is 194 g/mol. The van der Waals surface area contributed by atoms with Gasteiger partial charge in [0.25, 0.3) is 0 Å². The third kappa shape index (κ3) is 1.13. The van der Waals surface area contributed by atoms with E-state index in [4.69, 9.17) is 4.74 Å². The van der Waals surface area contributed by atoms with E-state index in [1.165, 1.54) is 6.92 Å². The van der Waals surface area contributed by atoms with Crippen molar-refractivity contribution in [2.45, 2.75) is 40.2 Å². The number of fused-ring (bicyclic) bond motifs is 1. The van der Waals surface area contributed by atoms with Crippen LogP contribution in [0, 0.1) is 16.7 Å². The molecule has 0 aliphatic heterocycles. The fourth-order valence-corrected chi connectivity index (χ4v) is 3.00. The molecular weight excluding hydrogens is 176 g/mol. The molecule has 0 amide bonds. The van der Waals surface area contributed by atoms with Crippen molar-refractivity contribution in [3.63, 3.8) is 0 Å². The zero-order chi connectivity index (χ0) is 10.6. The van der Waals surface area contributed by atoms with Gasteiger partial charge in [-0.05, 0) is 17.8 Å². The summed E-state index contributed by atoms with van der Waals surface area (Å²) in [6, 6.07) is 0. The second kappa shape index (κ2) is 2.62.